The van der Waals surface area contributed by atoms with E-state index in [-0.39, 0.29) is 59.3 Å². The molecule has 254 valence electrons. The molecule has 6 rings (SSSR count). The zero-order valence-corrected chi connectivity index (χ0v) is 26.6. The van der Waals surface area contributed by atoms with Crippen LogP contribution in [0.4, 0.5) is 17.6 Å². The number of sulfonamides is 1. The van der Waals surface area contributed by atoms with Gasteiger partial charge < -0.3 is 18.8 Å². The van der Waals surface area contributed by atoms with Crippen LogP contribution in [0.3, 0.4) is 0 Å². The first-order chi connectivity index (χ1) is 22.9. The van der Waals surface area contributed by atoms with Crippen LogP contribution in [0.1, 0.15) is 24.1 Å². The molecular formula is C31H31F4N7O5S. The Morgan fingerprint density at radius 2 is 1.88 bits per heavy atom. The highest BCUT2D eigenvalue weighted by Crippen LogP contribution is 2.49. The van der Waals surface area contributed by atoms with Gasteiger partial charge in [-0.15, -0.1) is 5.10 Å². The Balaban J connectivity index is 1.48. The second-order valence-electron chi connectivity index (χ2n) is 11.1. The van der Waals surface area contributed by atoms with Crippen molar-refractivity contribution in [1.82, 2.24) is 33.8 Å². The van der Waals surface area contributed by atoms with E-state index < -0.39 is 40.7 Å². The van der Waals surface area contributed by atoms with Gasteiger partial charge in [0.15, 0.2) is 0 Å². The van der Waals surface area contributed by atoms with Crippen molar-refractivity contribution in [2.24, 2.45) is 7.05 Å². The van der Waals surface area contributed by atoms with Crippen molar-refractivity contribution < 1.29 is 40.2 Å². The number of allylic oxidation sites excluding steroid dienone is 1. The first kappa shape index (κ1) is 33.0. The first-order valence-corrected chi connectivity index (χ1v) is 16.3. The molecule has 0 saturated heterocycles. The summed E-state index contributed by atoms with van der Waals surface area (Å²) >= 11 is 0. The van der Waals surface area contributed by atoms with Gasteiger partial charge in [-0.3, -0.25) is 4.68 Å². The molecule has 1 N–H and O–H groups in total. The third-order valence-corrected chi connectivity index (χ3v) is 9.14. The molecule has 12 nitrogen and oxygen atoms in total. The number of nitrogens with one attached hydrogen (secondary N) is 1. The number of methoxy groups -OCH3 is 1. The molecule has 1 aromatic carbocycles. The van der Waals surface area contributed by atoms with Crippen molar-refractivity contribution in [2.45, 2.75) is 38.6 Å². The molecule has 0 unspecified atom stereocenters. The Kier molecular flexibility index (Phi) is 9.15. The topological polar surface area (TPSA) is 127 Å². The molecule has 48 heavy (non-hydrogen) atoms. The summed E-state index contributed by atoms with van der Waals surface area (Å²) in [6.45, 7) is 0.439. The summed E-state index contributed by atoms with van der Waals surface area (Å²) in [4.78, 5) is 4.82. The summed E-state index contributed by atoms with van der Waals surface area (Å²) in [7, 11) is -0.929. The molecule has 0 amide bonds. The number of hydrogen-bond acceptors (Lipinski definition) is 8. The lowest BCUT2D eigenvalue weighted by molar-refractivity contribution is -0.0527. The Morgan fingerprint density at radius 3 is 2.58 bits per heavy atom. The molecule has 5 heterocycles. The van der Waals surface area contributed by atoms with Gasteiger partial charge in [-0.25, -0.2) is 31.6 Å². The molecule has 1 atom stereocenters. The fourth-order valence-corrected chi connectivity index (χ4v) is 6.87. The van der Waals surface area contributed by atoms with Crippen molar-refractivity contribution in [1.29, 1.82) is 0 Å². The van der Waals surface area contributed by atoms with Crippen molar-refractivity contribution >= 4 is 10.0 Å². The maximum atomic E-state index is 14.8. The van der Waals surface area contributed by atoms with Crippen LogP contribution in [0.25, 0.3) is 33.8 Å². The number of aryl methyl sites for hydroxylation is 1. The largest absolute Gasteiger partial charge is 0.502 e. The minimum absolute atomic E-state index is 0.0150. The van der Waals surface area contributed by atoms with Crippen LogP contribution in [0.2, 0.25) is 0 Å². The van der Waals surface area contributed by atoms with E-state index in [9.17, 15) is 26.0 Å². The molecule has 3 aliphatic heterocycles. The Labute approximate surface area is 272 Å². The van der Waals surface area contributed by atoms with E-state index in [1.165, 1.54) is 25.0 Å². The van der Waals surface area contributed by atoms with Crippen LogP contribution in [-0.2, 0) is 34.9 Å². The molecule has 0 bridgehead atoms. The average Bonchev–Trinajstić information content (AvgIpc) is 3.72. The number of aromatic nitrogens is 6. The normalized spacial score (nSPS) is 14.8. The number of pyridine rings is 1. The number of hydrogen-bond donors (Lipinski definition) is 1. The summed E-state index contributed by atoms with van der Waals surface area (Å²) in [6, 6.07) is 12.1. The van der Waals surface area contributed by atoms with E-state index in [4.69, 9.17) is 19.2 Å². The van der Waals surface area contributed by atoms with E-state index in [0.717, 1.165) is 10.2 Å². The molecule has 0 radical (unpaired) electrons. The van der Waals surface area contributed by atoms with Crippen LogP contribution >= 0.6 is 0 Å². The van der Waals surface area contributed by atoms with E-state index in [2.05, 4.69) is 21.5 Å². The highest BCUT2D eigenvalue weighted by Gasteiger charge is 2.37. The summed E-state index contributed by atoms with van der Waals surface area (Å²) in [6.07, 6.45) is 0.160. The molecule has 3 aromatic rings. The lowest BCUT2D eigenvalue weighted by atomic mass is 9.98. The van der Waals surface area contributed by atoms with Gasteiger partial charge in [0.2, 0.25) is 21.8 Å². The van der Waals surface area contributed by atoms with Crippen molar-refractivity contribution in [3.63, 3.8) is 0 Å². The number of benzene rings is 1. The number of rotatable bonds is 13. The zero-order valence-electron chi connectivity index (χ0n) is 25.8. The SMILES string of the molecule is C=C(CCS(=O)(=O)N[C@@H]1COc2c(-c3nc4n(Cc5ccccc5)cccc-4c3-c3cn(C)nc3OC(F)F)c(C(F)F)nn2C1)OC. The van der Waals surface area contributed by atoms with E-state index in [1.807, 2.05) is 34.9 Å². The smallest absolute Gasteiger partial charge is 0.388 e. The van der Waals surface area contributed by atoms with Crippen LogP contribution in [-0.4, -0.2) is 69.7 Å². The van der Waals surface area contributed by atoms with E-state index in [0.29, 0.717) is 17.9 Å². The maximum Gasteiger partial charge on any atom is 0.388 e. The minimum atomic E-state index is -3.82. The molecular weight excluding hydrogens is 658 g/mol. The van der Waals surface area contributed by atoms with Gasteiger partial charge in [0.05, 0.1) is 48.0 Å². The standard InChI is InChI=1S/C31H31F4N7O5S/c1-18(45-3)11-13-48(43,44)39-20-15-42-30(46-17-20)24(26(37-42)27(32)33)25-23(22-16-40(2)38-29(22)47-31(34)35)21-10-7-12-41(28(21)36-25)14-19-8-5-4-6-9-19/h4-10,12,16,20,27,31,39H,1,11,13-15,17H2,2-3H3/t20-/m0/s1. The van der Waals surface area contributed by atoms with Gasteiger partial charge >= 0.3 is 6.61 Å². The van der Waals surface area contributed by atoms with Crippen LogP contribution in [0.5, 0.6) is 11.8 Å². The van der Waals surface area contributed by atoms with Gasteiger partial charge in [-0.1, -0.05) is 36.9 Å². The Morgan fingerprint density at radius 1 is 1.10 bits per heavy atom. The quantitative estimate of drug-likeness (QED) is 0.134. The fraction of sp³-hybridized carbons (Fsp3) is 0.323. The first-order valence-electron chi connectivity index (χ1n) is 14.7. The predicted molar refractivity (Wildman–Crippen MR) is 166 cm³/mol. The molecule has 0 spiro atoms. The van der Waals surface area contributed by atoms with Gasteiger partial charge in [-0.2, -0.15) is 13.9 Å². The molecule has 17 heteroatoms. The minimum Gasteiger partial charge on any atom is -0.502 e. The molecule has 0 aliphatic carbocycles. The molecule has 0 saturated carbocycles. The highest BCUT2D eigenvalue weighted by molar-refractivity contribution is 7.89. The monoisotopic (exact) mass is 689 g/mol. The highest BCUT2D eigenvalue weighted by atomic mass is 32.2. The summed E-state index contributed by atoms with van der Waals surface area (Å²) < 4.78 is 104. The zero-order chi connectivity index (χ0) is 34.2. The summed E-state index contributed by atoms with van der Waals surface area (Å²) in [5.41, 5.74) is 0.832. The van der Waals surface area contributed by atoms with Gasteiger partial charge in [0.25, 0.3) is 6.43 Å². The van der Waals surface area contributed by atoms with Crippen LogP contribution in [0, 0.1) is 0 Å². The molecule has 0 fully saturated rings. The van der Waals surface area contributed by atoms with Crippen LogP contribution in [0.15, 0.2) is 67.2 Å². The summed E-state index contributed by atoms with van der Waals surface area (Å²) in [5, 5.41) is 8.17. The van der Waals surface area contributed by atoms with E-state index in [1.54, 1.807) is 18.3 Å². The van der Waals surface area contributed by atoms with Gasteiger partial charge in [-0.05, 0) is 17.7 Å². The second kappa shape index (κ2) is 13.3. The van der Waals surface area contributed by atoms with E-state index >= 15 is 0 Å². The lowest BCUT2D eigenvalue weighted by Crippen LogP contribution is -2.45. The molecule has 3 aliphatic rings. The second-order valence-corrected chi connectivity index (χ2v) is 13.0. The third-order valence-electron chi connectivity index (χ3n) is 7.70. The number of nitrogens with zero attached hydrogens (tertiary/aromatic N) is 6. The Bertz CT molecular complexity index is 2010. The van der Waals surface area contributed by atoms with Crippen molar-refractivity contribution in [3.8, 4) is 45.5 Å². The van der Waals surface area contributed by atoms with Gasteiger partial charge in [0, 0.05) is 43.5 Å². The number of ether oxygens (including phenoxy) is 3. The number of fused-ring (bicyclic) bond motifs is 2. The number of alkyl halides is 4. The van der Waals surface area contributed by atoms with Crippen LogP contribution < -0.4 is 14.2 Å². The van der Waals surface area contributed by atoms with Crippen molar-refractivity contribution in [3.05, 3.63) is 78.5 Å². The third kappa shape index (κ3) is 6.73. The fourth-order valence-electron chi connectivity index (χ4n) is 5.61. The van der Waals surface area contributed by atoms with Crippen molar-refractivity contribution in [2.75, 3.05) is 19.5 Å². The Hall–Kier alpha value is -4.90. The predicted octanol–water partition coefficient (Wildman–Crippen LogP) is 5.07. The average molecular weight is 690 g/mol. The maximum absolute atomic E-state index is 14.8. The number of halogens is 4. The lowest BCUT2D eigenvalue weighted by Gasteiger charge is -2.25. The molecule has 2 aromatic heterocycles. The summed E-state index contributed by atoms with van der Waals surface area (Å²) in [5.74, 6) is -0.148. The van der Waals surface area contributed by atoms with Gasteiger partial charge in [0.1, 0.15) is 18.1 Å².